The summed E-state index contributed by atoms with van der Waals surface area (Å²) in [5.41, 5.74) is 0.284. The summed E-state index contributed by atoms with van der Waals surface area (Å²) < 4.78 is 17.9. The molecular formula is C19H30O4Si2. The van der Waals surface area contributed by atoms with Gasteiger partial charge in [0.1, 0.15) is 0 Å². The summed E-state index contributed by atoms with van der Waals surface area (Å²) in [6.45, 7) is 14.6. The molecular weight excluding hydrogens is 348 g/mol. The third-order valence-electron chi connectivity index (χ3n) is 3.94. The Morgan fingerprint density at radius 1 is 1.04 bits per heavy atom. The van der Waals surface area contributed by atoms with E-state index in [2.05, 4.69) is 39.3 Å². The van der Waals surface area contributed by atoms with Gasteiger partial charge in [0.2, 0.25) is 8.32 Å². The molecule has 0 radical (unpaired) electrons. The maximum Gasteiger partial charge on any atom is 0.320 e. The minimum atomic E-state index is -1.90. The molecule has 1 aromatic rings. The van der Waals surface area contributed by atoms with E-state index in [1.807, 2.05) is 43.3 Å². The molecule has 2 rings (SSSR count). The van der Waals surface area contributed by atoms with Crippen molar-refractivity contribution >= 4 is 22.6 Å². The number of benzene rings is 1. The van der Waals surface area contributed by atoms with Gasteiger partial charge in [0.25, 0.3) is 5.95 Å². The molecule has 1 heterocycles. The van der Waals surface area contributed by atoms with Crippen LogP contribution in [0.1, 0.15) is 18.9 Å². The molecule has 6 heteroatoms. The Hall–Kier alpha value is -1.38. The van der Waals surface area contributed by atoms with Gasteiger partial charge in [-0.25, -0.2) is 0 Å². The fourth-order valence-electron chi connectivity index (χ4n) is 3.07. The zero-order valence-corrected chi connectivity index (χ0v) is 18.4. The summed E-state index contributed by atoms with van der Waals surface area (Å²) in [5, 5.41) is 0. The maximum absolute atomic E-state index is 12.8. The van der Waals surface area contributed by atoms with Crippen molar-refractivity contribution in [2.24, 2.45) is 5.92 Å². The topological polar surface area (TPSA) is 44.8 Å². The van der Waals surface area contributed by atoms with Crippen LogP contribution >= 0.6 is 0 Å². The van der Waals surface area contributed by atoms with Crippen LogP contribution in [-0.4, -0.2) is 22.6 Å². The highest BCUT2D eigenvalue weighted by Gasteiger charge is 2.46. The van der Waals surface area contributed by atoms with Gasteiger partial charge in [0, 0.05) is 0 Å². The molecule has 2 atom stereocenters. The Kier molecular flexibility index (Phi) is 5.66. The van der Waals surface area contributed by atoms with Crippen LogP contribution < -0.4 is 0 Å². The lowest BCUT2D eigenvalue weighted by atomic mass is 9.80. The van der Waals surface area contributed by atoms with E-state index < -0.39 is 28.2 Å². The minimum Gasteiger partial charge on any atom is -0.520 e. The molecule has 0 amide bonds. The maximum atomic E-state index is 12.8. The van der Waals surface area contributed by atoms with Gasteiger partial charge in [-0.2, -0.15) is 0 Å². The predicted octanol–water partition coefficient (Wildman–Crippen LogP) is 5.01. The highest BCUT2D eigenvalue weighted by molar-refractivity contribution is 6.70. The van der Waals surface area contributed by atoms with Gasteiger partial charge in [-0.1, -0.05) is 30.3 Å². The molecule has 4 nitrogen and oxygen atoms in total. The largest absolute Gasteiger partial charge is 0.520 e. The lowest BCUT2D eigenvalue weighted by Gasteiger charge is -2.42. The average Bonchev–Trinajstić information content (AvgIpc) is 2.44. The van der Waals surface area contributed by atoms with E-state index >= 15 is 0 Å². The number of allylic oxidation sites excluding steroid dienone is 1. The molecule has 0 saturated carbocycles. The van der Waals surface area contributed by atoms with E-state index in [0.29, 0.717) is 12.4 Å². The highest BCUT2D eigenvalue weighted by atomic mass is 28.4. The molecule has 0 aromatic heterocycles. The lowest BCUT2D eigenvalue weighted by Crippen LogP contribution is -2.48. The molecule has 138 valence electrons. The first kappa shape index (κ1) is 19.9. The van der Waals surface area contributed by atoms with Gasteiger partial charge < -0.3 is 13.6 Å². The third-order valence-corrected chi connectivity index (χ3v) is 5.79. The number of rotatable bonds is 6. The van der Waals surface area contributed by atoms with Crippen molar-refractivity contribution in [3.05, 3.63) is 47.9 Å². The Morgan fingerprint density at radius 2 is 1.64 bits per heavy atom. The molecule has 1 aliphatic rings. The molecule has 0 fully saturated rings. The Bertz CT molecular complexity index is 644. The van der Waals surface area contributed by atoms with Crippen LogP contribution in [0.15, 0.2) is 42.4 Å². The van der Waals surface area contributed by atoms with Crippen LogP contribution in [0.4, 0.5) is 0 Å². The fourth-order valence-corrected chi connectivity index (χ4v) is 5.33. The number of hydrogen-bond acceptors (Lipinski definition) is 4. The number of carbonyl (C=O) groups is 1. The van der Waals surface area contributed by atoms with Crippen LogP contribution in [0.25, 0.3) is 0 Å². The number of cyclic esters (lactones) is 1. The van der Waals surface area contributed by atoms with Crippen molar-refractivity contribution in [1.82, 2.24) is 0 Å². The lowest BCUT2D eigenvalue weighted by molar-refractivity contribution is -0.158. The van der Waals surface area contributed by atoms with Gasteiger partial charge in [0.05, 0.1) is 11.5 Å². The molecule has 0 bridgehead atoms. The number of carbonyl (C=O) groups excluding carboxylic acids is 1. The predicted molar refractivity (Wildman–Crippen MR) is 105 cm³/mol. The third kappa shape index (κ3) is 5.30. The second kappa shape index (κ2) is 7.09. The van der Waals surface area contributed by atoms with E-state index in [1.54, 1.807) is 0 Å². The van der Waals surface area contributed by atoms with Crippen molar-refractivity contribution in [3.8, 4) is 0 Å². The zero-order valence-electron chi connectivity index (χ0n) is 16.4. The van der Waals surface area contributed by atoms with E-state index in [-0.39, 0.29) is 5.97 Å². The molecule has 0 spiro atoms. The molecule has 2 unspecified atom stereocenters. The van der Waals surface area contributed by atoms with Crippen molar-refractivity contribution in [2.45, 2.75) is 58.2 Å². The number of ether oxygens (including phenoxy) is 1. The van der Waals surface area contributed by atoms with Crippen molar-refractivity contribution in [1.29, 1.82) is 0 Å². The quantitative estimate of drug-likeness (QED) is 0.515. The Balaban J connectivity index is 2.35. The molecule has 25 heavy (non-hydrogen) atoms. The second-order valence-corrected chi connectivity index (χ2v) is 17.5. The van der Waals surface area contributed by atoms with Crippen LogP contribution in [0.5, 0.6) is 0 Å². The molecule has 1 aromatic carbocycles. The average molecular weight is 379 g/mol. The van der Waals surface area contributed by atoms with Crippen molar-refractivity contribution in [3.63, 3.8) is 0 Å². The van der Waals surface area contributed by atoms with Gasteiger partial charge in [-0.05, 0) is 64.3 Å². The first-order valence-electron chi connectivity index (χ1n) is 8.77. The van der Waals surface area contributed by atoms with Crippen LogP contribution in [0, 0.1) is 5.92 Å². The van der Waals surface area contributed by atoms with Crippen molar-refractivity contribution < 1.29 is 18.4 Å². The standard InChI is InChI=1S/C19H30O4Si2/c1-19(23-25(5,6)7,15-11-9-8-10-12-15)16-13-14-17(21-18(16)20)22-24(2,3)4/h8-12,14,16H,13H2,1-7H3. The van der Waals surface area contributed by atoms with E-state index in [1.165, 1.54) is 0 Å². The van der Waals surface area contributed by atoms with E-state index in [9.17, 15) is 4.79 Å². The Labute approximate surface area is 153 Å². The monoisotopic (exact) mass is 378 g/mol. The van der Waals surface area contributed by atoms with Crippen LogP contribution in [0.3, 0.4) is 0 Å². The van der Waals surface area contributed by atoms with Gasteiger partial charge >= 0.3 is 5.97 Å². The molecule has 0 N–H and O–H groups in total. The first-order valence-corrected chi connectivity index (χ1v) is 15.6. The normalized spacial score (nSPS) is 21.2. The van der Waals surface area contributed by atoms with Crippen molar-refractivity contribution in [2.75, 3.05) is 0 Å². The summed E-state index contributed by atoms with van der Waals surface area (Å²) >= 11 is 0. The van der Waals surface area contributed by atoms with Gasteiger partial charge in [0.15, 0.2) is 8.32 Å². The van der Waals surface area contributed by atoms with E-state index in [4.69, 9.17) is 13.6 Å². The molecule has 1 aliphatic heterocycles. The highest BCUT2D eigenvalue weighted by Crippen LogP contribution is 2.41. The zero-order chi connectivity index (χ0) is 18.9. The number of esters is 1. The van der Waals surface area contributed by atoms with Crippen LogP contribution in [-0.2, 0) is 24.0 Å². The van der Waals surface area contributed by atoms with E-state index in [0.717, 1.165) is 5.56 Å². The minimum absolute atomic E-state index is 0.277. The van der Waals surface area contributed by atoms with Gasteiger partial charge in [-0.15, -0.1) is 0 Å². The second-order valence-electron chi connectivity index (χ2n) is 8.63. The fraction of sp³-hybridized carbons (Fsp3) is 0.526. The number of hydrogen-bond donors (Lipinski definition) is 0. The smallest absolute Gasteiger partial charge is 0.320 e. The Morgan fingerprint density at radius 3 is 2.12 bits per heavy atom. The SMILES string of the molecule is CC(O[Si](C)(C)C)(c1ccccc1)C1CC=C(O[Si](C)(C)C)OC1=O. The first-order chi connectivity index (χ1) is 11.4. The molecule has 0 saturated heterocycles. The summed E-state index contributed by atoms with van der Waals surface area (Å²) in [4.78, 5) is 12.8. The summed E-state index contributed by atoms with van der Waals surface area (Å²) in [5.74, 6) is -0.320. The molecule has 0 aliphatic carbocycles. The summed E-state index contributed by atoms with van der Waals surface area (Å²) in [7, 11) is -3.71. The summed E-state index contributed by atoms with van der Waals surface area (Å²) in [6, 6.07) is 9.96. The van der Waals surface area contributed by atoms with Crippen LogP contribution in [0.2, 0.25) is 39.3 Å². The van der Waals surface area contributed by atoms with Gasteiger partial charge in [-0.3, -0.25) is 4.79 Å². The summed E-state index contributed by atoms with van der Waals surface area (Å²) in [6.07, 6.45) is 2.44.